The highest BCUT2D eigenvalue weighted by atomic mass is 16.2. The van der Waals surface area contributed by atoms with Crippen molar-refractivity contribution in [3.63, 3.8) is 0 Å². The van der Waals surface area contributed by atoms with E-state index in [4.69, 9.17) is 0 Å². The average molecular weight is 292 g/mol. The van der Waals surface area contributed by atoms with E-state index in [0.29, 0.717) is 6.54 Å². The van der Waals surface area contributed by atoms with Gasteiger partial charge in [-0.15, -0.1) is 0 Å². The Morgan fingerprint density at radius 1 is 1.52 bits per heavy atom. The molecule has 1 aromatic rings. The van der Waals surface area contributed by atoms with Crippen molar-refractivity contribution in [1.29, 1.82) is 0 Å². The quantitative estimate of drug-likeness (QED) is 0.826. The summed E-state index contributed by atoms with van der Waals surface area (Å²) in [5.41, 5.74) is 0.692. The zero-order valence-corrected chi connectivity index (χ0v) is 13.1. The van der Waals surface area contributed by atoms with Gasteiger partial charge in [0.25, 0.3) is 5.56 Å². The Kier molecular flexibility index (Phi) is 4.98. The molecule has 1 aliphatic heterocycles. The lowest BCUT2D eigenvalue weighted by Gasteiger charge is -2.35. The van der Waals surface area contributed by atoms with Crippen molar-refractivity contribution in [2.75, 3.05) is 31.6 Å². The Hall–Kier alpha value is -1.85. The summed E-state index contributed by atoms with van der Waals surface area (Å²) < 4.78 is 1.31. The van der Waals surface area contributed by atoms with E-state index in [1.165, 1.54) is 4.68 Å². The van der Waals surface area contributed by atoms with E-state index >= 15 is 0 Å². The second kappa shape index (κ2) is 6.74. The summed E-state index contributed by atoms with van der Waals surface area (Å²) in [6.07, 6.45) is 4.55. The molecule has 21 heavy (non-hydrogen) atoms. The second-order valence-electron chi connectivity index (χ2n) is 5.72. The molecular weight excluding hydrogens is 268 g/mol. The first kappa shape index (κ1) is 15.5. The van der Waals surface area contributed by atoms with Gasteiger partial charge in [-0.1, -0.05) is 6.92 Å². The van der Waals surface area contributed by atoms with E-state index in [0.717, 1.165) is 38.0 Å². The maximum Gasteiger partial charge on any atom is 0.268 e. The van der Waals surface area contributed by atoms with Crippen molar-refractivity contribution in [3.8, 4) is 0 Å². The fourth-order valence-electron chi connectivity index (χ4n) is 2.80. The zero-order chi connectivity index (χ0) is 15.4. The molecule has 116 valence electrons. The molecule has 1 aliphatic rings. The van der Waals surface area contributed by atoms with Crippen LogP contribution in [0.5, 0.6) is 0 Å². The predicted octanol–water partition coefficient (Wildman–Crippen LogP) is 0.865. The summed E-state index contributed by atoms with van der Waals surface area (Å²) in [6, 6.07) is 1.59. The van der Waals surface area contributed by atoms with Crippen molar-refractivity contribution in [2.45, 2.75) is 26.2 Å². The number of aromatic nitrogens is 2. The summed E-state index contributed by atoms with van der Waals surface area (Å²) >= 11 is 0. The van der Waals surface area contributed by atoms with Crippen LogP contribution >= 0.6 is 0 Å². The lowest BCUT2D eigenvalue weighted by Crippen LogP contribution is -2.44. The van der Waals surface area contributed by atoms with E-state index in [2.05, 4.69) is 16.9 Å². The van der Waals surface area contributed by atoms with Gasteiger partial charge in [0, 0.05) is 39.8 Å². The van der Waals surface area contributed by atoms with Crippen molar-refractivity contribution < 1.29 is 4.79 Å². The SMILES string of the molecule is CCCN(C)C(=O)C1CCCN(c2cnn(C)c(=O)c2)C1. The molecule has 0 bridgehead atoms. The summed E-state index contributed by atoms with van der Waals surface area (Å²) in [7, 11) is 3.50. The van der Waals surface area contributed by atoms with Gasteiger partial charge in [-0.2, -0.15) is 5.10 Å². The molecule has 1 saturated heterocycles. The van der Waals surface area contributed by atoms with Crippen LogP contribution in [0.3, 0.4) is 0 Å². The van der Waals surface area contributed by atoms with Gasteiger partial charge in [-0.05, 0) is 19.3 Å². The summed E-state index contributed by atoms with van der Waals surface area (Å²) in [4.78, 5) is 28.0. The van der Waals surface area contributed by atoms with E-state index in [1.54, 1.807) is 19.3 Å². The minimum absolute atomic E-state index is 0.0133. The third kappa shape index (κ3) is 3.62. The van der Waals surface area contributed by atoms with Crippen LogP contribution in [0.15, 0.2) is 17.1 Å². The first-order valence-corrected chi connectivity index (χ1v) is 7.56. The maximum absolute atomic E-state index is 12.4. The molecule has 1 aromatic heterocycles. The molecule has 6 nitrogen and oxygen atoms in total. The van der Waals surface area contributed by atoms with Gasteiger partial charge in [0.1, 0.15) is 0 Å². The van der Waals surface area contributed by atoms with Gasteiger partial charge < -0.3 is 9.80 Å². The Bertz CT molecular complexity index is 555. The predicted molar refractivity (Wildman–Crippen MR) is 82.3 cm³/mol. The molecule has 2 rings (SSSR count). The number of piperidine rings is 1. The van der Waals surface area contributed by atoms with Crippen LogP contribution in [0, 0.1) is 5.92 Å². The molecule has 1 atom stereocenters. The molecule has 1 unspecified atom stereocenters. The number of hydrogen-bond acceptors (Lipinski definition) is 4. The third-order valence-corrected chi connectivity index (χ3v) is 4.02. The van der Waals surface area contributed by atoms with E-state index in [-0.39, 0.29) is 17.4 Å². The number of amides is 1. The molecule has 1 fully saturated rings. The molecular formula is C15H24N4O2. The third-order valence-electron chi connectivity index (χ3n) is 4.02. The molecule has 6 heteroatoms. The second-order valence-corrected chi connectivity index (χ2v) is 5.72. The average Bonchev–Trinajstić information content (AvgIpc) is 2.49. The Morgan fingerprint density at radius 3 is 2.95 bits per heavy atom. The van der Waals surface area contributed by atoms with Crippen molar-refractivity contribution in [3.05, 3.63) is 22.6 Å². The number of carbonyl (C=O) groups excluding carboxylic acids is 1. The van der Waals surface area contributed by atoms with Gasteiger partial charge in [0.05, 0.1) is 17.8 Å². The topological polar surface area (TPSA) is 58.4 Å². The molecule has 2 heterocycles. The minimum Gasteiger partial charge on any atom is -0.369 e. The van der Waals surface area contributed by atoms with Crippen LogP contribution in [0.1, 0.15) is 26.2 Å². The number of nitrogens with zero attached hydrogens (tertiary/aromatic N) is 4. The molecule has 0 radical (unpaired) electrons. The Balaban J connectivity index is 2.08. The maximum atomic E-state index is 12.4. The molecule has 0 spiro atoms. The standard InChI is InChI=1S/C15H24N4O2/c1-4-7-17(2)15(21)12-6-5-8-19(11-12)13-9-14(20)18(3)16-10-13/h9-10,12H,4-8,11H2,1-3H3. The number of carbonyl (C=O) groups is 1. The van der Waals surface area contributed by atoms with Crippen molar-refractivity contribution in [2.24, 2.45) is 13.0 Å². The monoisotopic (exact) mass is 292 g/mol. The van der Waals surface area contributed by atoms with E-state index in [9.17, 15) is 9.59 Å². The van der Waals surface area contributed by atoms with Crippen LogP contribution in [-0.2, 0) is 11.8 Å². The summed E-state index contributed by atoms with van der Waals surface area (Å²) in [5.74, 6) is 0.220. The summed E-state index contributed by atoms with van der Waals surface area (Å²) in [6.45, 7) is 4.41. The largest absolute Gasteiger partial charge is 0.369 e. The molecule has 0 aliphatic carbocycles. The van der Waals surface area contributed by atoms with Gasteiger partial charge in [0.2, 0.25) is 5.91 Å². The minimum atomic E-state index is -0.121. The molecule has 0 N–H and O–H groups in total. The Morgan fingerprint density at radius 2 is 2.29 bits per heavy atom. The van der Waals surface area contributed by atoms with Crippen LogP contribution in [0.2, 0.25) is 0 Å². The van der Waals surface area contributed by atoms with Gasteiger partial charge in [-0.25, -0.2) is 4.68 Å². The molecule has 1 amide bonds. The number of rotatable bonds is 4. The number of aryl methyl sites for hydroxylation is 1. The van der Waals surface area contributed by atoms with Crippen molar-refractivity contribution in [1.82, 2.24) is 14.7 Å². The zero-order valence-electron chi connectivity index (χ0n) is 13.1. The lowest BCUT2D eigenvalue weighted by atomic mass is 9.96. The first-order chi connectivity index (χ1) is 10.0. The smallest absolute Gasteiger partial charge is 0.268 e. The molecule has 0 aromatic carbocycles. The first-order valence-electron chi connectivity index (χ1n) is 7.56. The number of anilines is 1. The van der Waals surface area contributed by atoms with Crippen LogP contribution in [0.4, 0.5) is 5.69 Å². The van der Waals surface area contributed by atoms with Gasteiger partial charge >= 0.3 is 0 Å². The highest BCUT2D eigenvalue weighted by Crippen LogP contribution is 2.22. The molecule has 0 saturated carbocycles. The fraction of sp³-hybridized carbons (Fsp3) is 0.667. The Labute approximate surface area is 125 Å². The van der Waals surface area contributed by atoms with Crippen LogP contribution < -0.4 is 10.5 Å². The van der Waals surface area contributed by atoms with Crippen LogP contribution in [0.25, 0.3) is 0 Å². The lowest BCUT2D eigenvalue weighted by molar-refractivity contribution is -0.134. The van der Waals surface area contributed by atoms with Crippen molar-refractivity contribution >= 4 is 11.6 Å². The number of hydrogen-bond donors (Lipinski definition) is 0. The van der Waals surface area contributed by atoms with Gasteiger partial charge in [-0.3, -0.25) is 9.59 Å². The van der Waals surface area contributed by atoms with E-state index in [1.807, 2.05) is 11.9 Å². The van der Waals surface area contributed by atoms with Crippen LogP contribution in [-0.4, -0.2) is 47.3 Å². The highest BCUT2D eigenvalue weighted by Gasteiger charge is 2.28. The summed E-state index contributed by atoms with van der Waals surface area (Å²) in [5, 5.41) is 4.06. The van der Waals surface area contributed by atoms with E-state index < -0.39 is 0 Å². The normalized spacial score (nSPS) is 18.6. The highest BCUT2D eigenvalue weighted by molar-refractivity contribution is 5.79. The van der Waals surface area contributed by atoms with Gasteiger partial charge in [0.15, 0.2) is 0 Å². The fourth-order valence-corrected chi connectivity index (χ4v) is 2.80.